The molecule has 1 aliphatic rings. The number of carbonyl (C=O) groups is 4. The summed E-state index contributed by atoms with van der Waals surface area (Å²) < 4.78 is 23.8. The van der Waals surface area contributed by atoms with E-state index < -0.39 is 21.7 Å². The van der Waals surface area contributed by atoms with E-state index in [9.17, 15) is 27.6 Å². The number of sulfone groups is 1. The largest absolute Gasteiger partial charge is 0.320 e. The van der Waals surface area contributed by atoms with E-state index in [0.717, 1.165) is 17.9 Å². The quantitative estimate of drug-likeness (QED) is 0.226. The summed E-state index contributed by atoms with van der Waals surface area (Å²) in [5, 5.41) is 3.87. The Morgan fingerprint density at radius 2 is 1.71 bits per heavy atom. The van der Waals surface area contributed by atoms with Gasteiger partial charge in [0.15, 0.2) is 27.7 Å². The second kappa shape index (κ2) is 10.3. The number of para-hydroxylation sites is 1. The van der Waals surface area contributed by atoms with Gasteiger partial charge in [0.25, 0.3) is 5.91 Å². The number of hydrogen-bond donors (Lipinski definition) is 1. The summed E-state index contributed by atoms with van der Waals surface area (Å²) in [6.07, 6.45) is 2.04. The monoisotopic (exact) mass is 588 g/mol. The van der Waals surface area contributed by atoms with E-state index in [1.807, 2.05) is 6.92 Å². The molecule has 0 saturated heterocycles. The Morgan fingerprint density at radius 3 is 2.34 bits per heavy atom. The molecule has 0 aliphatic heterocycles. The molecular formula is C31H25ClN2O6S. The van der Waals surface area contributed by atoms with E-state index in [1.165, 1.54) is 12.1 Å². The molecule has 1 heterocycles. The van der Waals surface area contributed by atoms with Crippen LogP contribution >= 0.6 is 11.6 Å². The highest BCUT2D eigenvalue weighted by atomic mass is 35.5. The number of anilines is 1. The van der Waals surface area contributed by atoms with E-state index in [-0.39, 0.29) is 39.0 Å². The van der Waals surface area contributed by atoms with Crippen molar-refractivity contribution in [3.05, 3.63) is 98.2 Å². The van der Waals surface area contributed by atoms with Crippen LogP contribution in [0.3, 0.4) is 0 Å². The number of nitrogens with zero attached hydrogens (tertiary/aromatic N) is 1. The molecule has 0 fully saturated rings. The summed E-state index contributed by atoms with van der Waals surface area (Å²) in [5.41, 5.74) is 3.57. The zero-order chi connectivity index (χ0) is 29.8. The first-order valence-electron chi connectivity index (χ1n) is 12.8. The van der Waals surface area contributed by atoms with Gasteiger partial charge in [0.05, 0.1) is 27.4 Å². The van der Waals surface area contributed by atoms with Crippen molar-refractivity contribution in [2.75, 3.05) is 11.6 Å². The molecule has 208 valence electrons. The molecule has 1 aliphatic carbocycles. The number of halogens is 1. The molecule has 10 heteroatoms. The van der Waals surface area contributed by atoms with Crippen LogP contribution in [0.25, 0.3) is 10.9 Å². The number of Topliss-reactive ketones (excluding diaryl/α,β-unsaturated/α-hetero) is 2. The van der Waals surface area contributed by atoms with E-state index in [1.54, 1.807) is 44.2 Å². The third kappa shape index (κ3) is 4.65. The highest BCUT2D eigenvalue weighted by Gasteiger charge is 2.44. The van der Waals surface area contributed by atoms with Gasteiger partial charge in [-0.1, -0.05) is 36.7 Å². The average molecular weight is 589 g/mol. The van der Waals surface area contributed by atoms with Crippen LogP contribution in [0.2, 0.25) is 5.02 Å². The van der Waals surface area contributed by atoms with Crippen LogP contribution in [0.5, 0.6) is 0 Å². The van der Waals surface area contributed by atoms with Crippen molar-refractivity contribution < 1.29 is 27.6 Å². The average Bonchev–Trinajstić information content (AvgIpc) is 3.21. The molecule has 5 rings (SSSR count). The SMILES string of the molecule is CCc1c(C)c2c(c(C)c1Cl)C(=O)C(c1ccc3cccc(NC(=O)c4ccc(S(C)(=O)=O)cc4C=O)c3n1)C2=O. The number of pyridine rings is 1. The molecule has 0 spiro atoms. The molecule has 0 saturated carbocycles. The van der Waals surface area contributed by atoms with Gasteiger partial charge in [0.1, 0.15) is 5.92 Å². The van der Waals surface area contributed by atoms with Crippen LogP contribution in [-0.4, -0.2) is 43.4 Å². The van der Waals surface area contributed by atoms with Crippen LogP contribution in [0.4, 0.5) is 5.69 Å². The molecule has 1 amide bonds. The third-order valence-corrected chi connectivity index (χ3v) is 9.15. The van der Waals surface area contributed by atoms with Gasteiger partial charge in [-0.15, -0.1) is 0 Å². The minimum Gasteiger partial charge on any atom is -0.320 e. The van der Waals surface area contributed by atoms with Gasteiger partial charge in [0.2, 0.25) is 0 Å². The predicted molar refractivity (Wildman–Crippen MR) is 156 cm³/mol. The number of fused-ring (bicyclic) bond motifs is 2. The van der Waals surface area contributed by atoms with Crippen molar-refractivity contribution in [2.45, 2.75) is 38.0 Å². The van der Waals surface area contributed by atoms with Gasteiger partial charge < -0.3 is 5.32 Å². The van der Waals surface area contributed by atoms with E-state index >= 15 is 0 Å². The van der Waals surface area contributed by atoms with Crippen LogP contribution in [0.15, 0.2) is 53.4 Å². The minimum atomic E-state index is -3.58. The van der Waals surface area contributed by atoms with Crippen molar-refractivity contribution in [3.63, 3.8) is 0 Å². The lowest BCUT2D eigenvalue weighted by atomic mass is 9.93. The van der Waals surface area contributed by atoms with Crippen molar-refractivity contribution in [1.29, 1.82) is 0 Å². The summed E-state index contributed by atoms with van der Waals surface area (Å²) in [6.45, 7) is 5.48. The van der Waals surface area contributed by atoms with E-state index in [0.29, 0.717) is 50.9 Å². The first-order chi connectivity index (χ1) is 19.4. The lowest BCUT2D eigenvalue weighted by molar-refractivity contribution is 0.0886. The third-order valence-electron chi connectivity index (χ3n) is 7.53. The standard InChI is InChI=1S/C31H25ClN2O6S/c1-5-20-15(2)24-25(16(3)27(20)32)30(37)26(29(24)36)22-12-9-17-7-6-8-23(28(17)33-22)34-31(38)21-11-10-19(41(4,39)40)13-18(21)14-35/h6-14,26H,5H2,1-4H3,(H,34,38). The number of carbonyl (C=O) groups excluding carboxylic acids is 4. The summed E-state index contributed by atoms with van der Waals surface area (Å²) in [6, 6.07) is 12.1. The summed E-state index contributed by atoms with van der Waals surface area (Å²) in [5.74, 6) is -2.51. The molecule has 0 bridgehead atoms. The van der Waals surface area contributed by atoms with E-state index in [4.69, 9.17) is 11.6 Å². The smallest absolute Gasteiger partial charge is 0.256 e. The van der Waals surface area contributed by atoms with Crippen molar-refractivity contribution in [1.82, 2.24) is 4.98 Å². The fourth-order valence-electron chi connectivity index (χ4n) is 5.43. The first kappa shape index (κ1) is 28.3. The number of ketones is 2. The number of hydrogen-bond acceptors (Lipinski definition) is 7. The molecule has 41 heavy (non-hydrogen) atoms. The van der Waals surface area contributed by atoms with Crippen LogP contribution in [-0.2, 0) is 16.3 Å². The Morgan fingerprint density at radius 1 is 1.02 bits per heavy atom. The number of aldehydes is 1. The Balaban J connectivity index is 1.56. The van der Waals surface area contributed by atoms with Gasteiger partial charge in [-0.2, -0.15) is 0 Å². The van der Waals surface area contributed by atoms with Crippen LogP contribution in [0.1, 0.15) is 76.7 Å². The molecule has 4 aromatic rings. The maximum atomic E-state index is 13.7. The maximum absolute atomic E-state index is 13.7. The van der Waals surface area contributed by atoms with Gasteiger partial charge >= 0.3 is 0 Å². The Bertz CT molecular complexity index is 1950. The molecule has 1 unspecified atom stereocenters. The lowest BCUT2D eigenvalue weighted by Gasteiger charge is -2.14. The number of aromatic nitrogens is 1. The normalized spacial score (nSPS) is 14.8. The lowest BCUT2D eigenvalue weighted by Crippen LogP contribution is -2.17. The number of rotatable bonds is 6. The van der Waals surface area contributed by atoms with Crippen molar-refractivity contribution in [3.8, 4) is 0 Å². The Labute approximate surface area is 241 Å². The molecule has 8 nitrogen and oxygen atoms in total. The summed E-state index contributed by atoms with van der Waals surface area (Å²) in [4.78, 5) is 56.7. The molecule has 1 N–H and O–H groups in total. The fourth-order valence-corrected chi connectivity index (χ4v) is 6.45. The zero-order valence-corrected chi connectivity index (χ0v) is 24.2. The minimum absolute atomic E-state index is 0.0216. The Hall–Kier alpha value is -4.21. The van der Waals surface area contributed by atoms with Crippen molar-refractivity contribution in [2.24, 2.45) is 0 Å². The molecular weight excluding hydrogens is 564 g/mol. The number of benzene rings is 3. The van der Waals surface area contributed by atoms with Crippen molar-refractivity contribution >= 4 is 61.8 Å². The van der Waals surface area contributed by atoms with Gasteiger partial charge in [0, 0.05) is 33.4 Å². The fraction of sp³-hybridized carbons (Fsp3) is 0.194. The molecule has 0 radical (unpaired) electrons. The highest BCUT2D eigenvalue weighted by Crippen LogP contribution is 2.42. The summed E-state index contributed by atoms with van der Waals surface area (Å²) in [7, 11) is -3.58. The van der Waals surface area contributed by atoms with Crippen LogP contribution < -0.4 is 5.32 Å². The maximum Gasteiger partial charge on any atom is 0.256 e. The molecule has 3 aromatic carbocycles. The Kier molecular flexibility index (Phi) is 7.13. The van der Waals surface area contributed by atoms with Gasteiger partial charge in [-0.25, -0.2) is 13.4 Å². The van der Waals surface area contributed by atoms with E-state index in [2.05, 4.69) is 10.3 Å². The zero-order valence-electron chi connectivity index (χ0n) is 22.7. The molecule has 1 aromatic heterocycles. The van der Waals surface area contributed by atoms with Gasteiger partial charge in [-0.05, 0) is 67.3 Å². The van der Waals surface area contributed by atoms with Crippen LogP contribution in [0, 0.1) is 13.8 Å². The molecule has 1 atom stereocenters. The second-order valence-electron chi connectivity index (χ2n) is 10.0. The highest BCUT2D eigenvalue weighted by molar-refractivity contribution is 7.90. The number of amides is 1. The topological polar surface area (TPSA) is 127 Å². The first-order valence-corrected chi connectivity index (χ1v) is 15.1. The van der Waals surface area contributed by atoms with Gasteiger partial charge in [-0.3, -0.25) is 19.2 Å². The predicted octanol–water partition coefficient (Wildman–Crippen LogP) is 5.70. The number of nitrogens with one attached hydrogen (secondary N) is 1. The second-order valence-corrected chi connectivity index (χ2v) is 12.4. The summed E-state index contributed by atoms with van der Waals surface area (Å²) >= 11 is 6.57.